The van der Waals surface area contributed by atoms with E-state index in [-0.39, 0.29) is 0 Å². The van der Waals surface area contributed by atoms with Crippen LogP contribution in [0.1, 0.15) is 51.0 Å². The van der Waals surface area contributed by atoms with Gasteiger partial charge in [0, 0.05) is 22.4 Å². The van der Waals surface area contributed by atoms with E-state index in [1.807, 2.05) is 23.9 Å². The molecule has 1 aromatic carbocycles. The average Bonchev–Trinajstić information content (AvgIpc) is 2.44. The third-order valence-electron chi connectivity index (χ3n) is 4.92. The van der Waals surface area contributed by atoms with E-state index in [4.69, 9.17) is 11.6 Å². The first-order chi connectivity index (χ1) is 9.64. The van der Waals surface area contributed by atoms with Gasteiger partial charge in [-0.2, -0.15) is 11.8 Å². The Labute approximate surface area is 132 Å². The van der Waals surface area contributed by atoms with Crippen LogP contribution in [-0.2, 0) is 0 Å². The summed E-state index contributed by atoms with van der Waals surface area (Å²) in [6.07, 6.45) is 7.15. The van der Waals surface area contributed by atoms with Crippen LogP contribution >= 0.6 is 23.4 Å². The van der Waals surface area contributed by atoms with Crippen molar-refractivity contribution in [3.63, 3.8) is 0 Å². The van der Waals surface area contributed by atoms with Crippen molar-refractivity contribution in [3.8, 4) is 0 Å². The average molecular weight is 312 g/mol. The van der Waals surface area contributed by atoms with Gasteiger partial charge in [0.2, 0.25) is 0 Å². The second-order valence-corrected chi connectivity index (χ2v) is 7.54. The zero-order chi connectivity index (χ0) is 14.6. The minimum absolute atomic E-state index is 0.412. The Bertz CT molecular complexity index is 416. The summed E-state index contributed by atoms with van der Waals surface area (Å²) in [6, 6.07) is 8.95. The molecular formula is C17H26ClNS. The van der Waals surface area contributed by atoms with Crippen LogP contribution in [0.3, 0.4) is 0 Å². The molecule has 1 aliphatic rings. The molecule has 1 aromatic rings. The first-order valence-electron chi connectivity index (χ1n) is 7.67. The standard InChI is InChI=1S/C17H26ClNS/c1-4-17(5-2,20-3)12-19-14-10-13(11-14)15-8-6-7-9-16(15)18/h6-9,13-14,19H,4-5,10-12H2,1-3H3. The molecule has 0 aliphatic heterocycles. The molecule has 0 atom stereocenters. The molecule has 20 heavy (non-hydrogen) atoms. The van der Waals surface area contributed by atoms with E-state index in [9.17, 15) is 0 Å². The number of benzene rings is 1. The third kappa shape index (κ3) is 3.52. The van der Waals surface area contributed by atoms with Crippen molar-refractivity contribution in [3.05, 3.63) is 34.9 Å². The summed E-state index contributed by atoms with van der Waals surface area (Å²) in [5.74, 6) is 0.646. The van der Waals surface area contributed by atoms with Crippen LogP contribution in [0.25, 0.3) is 0 Å². The fourth-order valence-electron chi connectivity index (χ4n) is 3.04. The molecule has 2 rings (SSSR count). The Morgan fingerprint density at radius 1 is 1.25 bits per heavy atom. The van der Waals surface area contributed by atoms with E-state index in [2.05, 4.69) is 37.6 Å². The molecule has 0 aromatic heterocycles. The van der Waals surface area contributed by atoms with E-state index < -0.39 is 0 Å². The van der Waals surface area contributed by atoms with Gasteiger partial charge in [-0.3, -0.25) is 0 Å². The SMILES string of the molecule is CCC(CC)(CNC1CC(c2ccccc2Cl)C1)SC. The number of halogens is 1. The Balaban J connectivity index is 1.81. The van der Waals surface area contributed by atoms with Gasteiger partial charge in [0.25, 0.3) is 0 Å². The van der Waals surface area contributed by atoms with Crippen molar-refractivity contribution in [2.24, 2.45) is 0 Å². The number of nitrogens with one attached hydrogen (secondary N) is 1. The predicted octanol–water partition coefficient (Wildman–Crippen LogP) is 5.10. The van der Waals surface area contributed by atoms with Crippen LogP contribution in [-0.4, -0.2) is 23.6 Å². The minimum atomic E-state index is 0.412. The number of thioether (sulfide) groups is 1. The monoisotopic (exact) mass is 311 g/mol. The lowest BCUT2D eigenvalue weighted by atomic mass is 9.75. The Morgan fingerprint density at radius 3 is 2.45 bits per heavy atom. The van der Waals surface area contributed by atoms with E-state index in [0.717, 1.165) is 11.6 Å². The maximum absolute atomic E-state index is 6.27. The van der Waals surface area contributed by atoms with Gasteiger partial charge in [0.1, 0.15) is 0 Å². The lowest BCUT2D eigenvalue weighted by Gasteiger charge is -2.40. The molecule has 0 radical (unpaired) electrons. The van der Waals surface area contributed by atoms with E-state index in [1.54, 1.807) is 0 Å². The predicted molar refractivity (Wildman–Crippen MR) is 92.0 cm³/mol. The second-order valence-electron chi connectivity index (χ2n) is 5.86. The first kappa shape index (κ1) is 16.2. The van der Waals surface area contributed by atoms with E-state index in [1.165, 1.54) is 31.2 Å². The van der Waals surface area contributed by atoms with E-state index >= 15 is 0 Å². The Morgan fingerprint density at radius 2 is 1.90 bits per heavy atom. The molecule has 1 saturated carbocycles. The van der Waals surface area contributed by atoms with Crippen molar-refractivity contribution < 1.29 is 0 Å². The minimum Gasteiger partial charge on any atom is -0.313 e. The topological polar surface area (TPSA) is 12.0 Å². The molecule has 1 aliphatic carbocycles. The summed E-state index contributed by atoms with van der Waals surface area (Å²) in [5, 5.41) is 4.70. The summed E-state index contributed by atoms with van der Waals surface area (Å²) in [6.45, 7) is 5.73. The number of hydrogen-bond donors (Lipinski definition) is 1. The van der Waals surface area contributed by atoms with Crippen molar-refractivity contribution >= 4 is 23.4 Å². The normalized spacial score (nSPS) is 22.6. The zero-order valence-electron chi connectivity index (χ0n) is 12.8. The van der Waals surface area contributed by atoms with Crippen molar-refractivity contribution in [1.82, 2.24) is 5.32 Å². The molecule has 1 fully saturated rings. The summed E-state index contributed by atoms with van der Waals surface area (Å²) in [7, 11) is 0. The summed E-state index contributed by atoms with van der Waals surface area (Å²) >= 11 is 8.28. The molecule has 0 bridgehead atoms. The maximum atomic E-state index is 6.27. The molecule has 0 spiro atoms. The van der Waals surface area contributed by atoms with Crippen molar-refractivity contribution in [1.29, 1.82) is 0 Å². The molecule has 1 nitrogen and oxygen atoms in total. The highest BCUT2D eigenvalue weighted by Gasteiger charge is 2.33. The highest BCUT2D eigenvalue weighted by atomic mass is 35.5. The third-order valence-corrected chi connectivity index (χ3v) is 6.85. The number of hydrogen-bond acceptors (Lipinski definition) is 2. The highest BCUT2D eigenvalue weighted by molar-refractivity contribution is 8.00. The van der Waals surface area contributed by atoms with E-state index in [0.29, 0.717) is 16.7 Å². The van der Waals surface area contributed by atoms with Gasteiger partial charge in [-0.1, -0.05) is 43.6 Å². The molecule has 0 heterocycles. The van der Waals surface area contributed by atoms with Gasteiger partial charge in [0.05, 0.1) is 0 Å². The fourth-order valence-corrected chi connectivity index (χ4v) is 4.13. The van der Waals surface area contributed by atoms with Gasteiger partial charge < -0.3 is 5.32 Å². The van der Waals surface area contributed by atoms with Crippen LogP contribution in [0.15, 0.2) is 24.3 Å². The summed E-state index contributed by atoms with van der Waals surface area (Å²) in [5.41, 5.74) is 1.33. The molecular weight excluding hydrogens is 286 g/mol. The first-order valence-corrected chi connectivity index (χ1v) is 9.27. The lowest BCUT2D eigenvalue weighted by Crippen LogP contribution is -2.46. The quantitative estimate of drug-likeness (QED) is 0.752. The molecule has 1 N–H and O–H groups in total. The van der Waals surface area contributed by atoms with Gasteiger partial charge in [-0.15, -0.1) is 0 Å². The van der Waals surface area contributed by atoms with Crippen LogP contribution in [0, 0.1) is 0 Å². The Kier molecular flexibility index (Phi) is 5.83. The van der Waals surface area contributed by atoms with Gasteiger partial charge >= 0.3 is 0 Å². The zero-order valence-corrected chi connectivity index (χ0v) is 14.4. The van der Waals surface area contributed by atoms with Crippen LogP contribution in [0.5, 0.6) is 0 Å². The van der Waals surface area contributed by atoms with Gasteiger partial charge in [-0.25, -0.2) is 0 Å². The van der Waals surface area contributed by atoms with Gasteiger partial charge in [0.15, 0.2) is 0 Å². The summed E-state index contributed by atoms with van der Waals surface area (Å²) in [4.78, 5) is 0. The molecule has 112 valence electrons. The fraction of sp³-hybridized carbons (Fsp3) is 0.647. The number of rotatable bonds is 7. The molecule has 0 saturated heterocycles. The Hall–Kier alpha value is -0.180. The maximum Gasteiger partial charge on any atom is 0.0440 e. The summed E-state index contributed by atoms with van der Waals surface area (Å²) < 4.78 is 0.412. The molecule has 0 amide bonds. The van der Waals surface area contributed by atoms with Crippen molar-refractivity contribution in [2.45, 2.75) is 56.2 Å². The largest absolute Gasteiger partial charge is 0.313 e. The van der Waals surface area contributed by atoms with Crippen LogP contribution in [0.4, 0.5) is 0 Å². The molecule has 3 heteroatoms. The second kappa shape index (κ2) is 7.20. The van der Waals surface area contributed by atoms with Crippen LogP contribution < -0.4 is 5.32 Å². The highest BCUT2D eigenvalue weighted by Crippen LogP contribution is 2.40. The lowest BCUT2D eigenvalue weighted by molar-refractivity contribution is 0.279. The molecule has 0 unspecified atom stereocenters. The van der Waals surface area contributed by atoms with Gasteiger partial charge in [-0.05, 0) is 49.5 Å². The van der Waals surface area contributed by atoms with Crippen LogP contribution in [0.2, 0.25) is 5.02 Å². The van der Waals surface area contributed by atoms with Crippen molar-refractivity contribution in [2.75, 3.05) is 12.8 Å². The smallest absolute Gasteiger partial charge is 0.0440 e.